The van der Waals surface area contributed by atoms with E-state index < -0.39 is 0 Å². The van der Waals surface area contributed by atoms with Crippen molar-refractivity contribution in [1.29, 1.82) is 0 Å². The van der Waals surface area contributed by atoms with Crippen molar-refractivity contribution in [2.24, 2.45) is 0 Å². The number of methoxy groups -OCH3 is 3. The minimum atomic E-state index is 0.578. The molecular formula is C24H25O3. The molecule has 0 aliphatic heterocycles. The van der Waals surface area contributed by atoms with E-state index in [0.717, 1.165) is 36.1 Å². The molecule has 139 valence electrons. The molecule has 3 rings (SSSR count). The van der Waals surface area contributed by atoms with E-state index in [2.05, 4.69) is 54.6 Å². The number of hydrogen-bond acceptors (Lipinski definition) is 3. The molecule has 3 aromatic carbocycles. The molecule has 0 N–H and O–H groups in total. The summed E-state index contributed by atoms with van der Waals surface area (Å²) in [6.45, 7) is 0. The molecule has 0 aliphatic rings. The van der Waals surface area contributed by atoms with E-state index in [4.69, 9.17) is 14.2 Å². The molecule has 3 heteroatoms. The smallest absolute Gasteiger partial charge is 0.204 e. The van der Waals surface area contributed by atoms with Crippen molar-refractivity contribution < 1.29 is 14.2 Å². The Bertz CT molecular complexity index is 858. The monoisotopic (exact) mass is 361 g/mol. The second kappa shape index (κ2) is 9.13. The number of ether oxygens (including phenoxy) is 3. The molecule has 0 atom stereocenters. The lowest BCUT2D eigenvalue weighted by Gasteiger charge is -2.19. The topological polar surface area (TPSA) is 27.7 Å². The number of rotatable bonds is 8. The molecule has 27 heavy (non-hydrogen) atoms. The van der Waals surface area contributed by atoms with Crippen LogP contribution in [0.5, 0.6) is 17.2 Å². The highest BCUT2D eigenvalue weighted by molar-refractivity contribution is 5.59. The van der Waals surface area contributed by atoms with Crippen LogP contribution in [-0.4, -0.2) is 21.3 Å². The van der Waals surface area contributed by atoms with Crippen molar-refractivity contribution in [3.05, 3.63) is 89.0 Å². The molecule has 0 bridgehead atoms. The summed E-state index contributed by atoms with van der Waals surface area (Å²) in [4.78, 5) is 0. The summed E-state index contributed by atoms with van der Waals surface area (Å²) in [6.07, 6.45) is 2.53. The fourth-order valence-corrected chi connectivity index (χ4v) is 3.31. The van der Waals surface area contributed by atoms with Gasteiger partial charge < -0.3 is 14.2 Å². The summed E-state index contributed by atoms with van der Waals surface area (Å²) in [5.41, 5.74) is 4.71. The van der Waals surface area contributed by atoms with Crippen LogP contribution in [0.15, 0.2) is 60.7 Å². The van der Waals surface area contributed by atoms with Gasteiger partial charge in [0.1, 0.15) is 0 Å². The number of benzene rings is 3. The van der Waals surface area contributed by atoms with Gasteiger partial charge >= 0.3 is 0 Å². The van der Waals surface area contributed by atoms with Gasteiger partial charge in [-0.3, -0.25) is 0 Å². The second-order valence-corrected chi connectivity index (χ2v) is 6.33. The molecule has 0 fully saturated rings. The molecule has 3 aromatic rings. The van der Waals surface area contributed by atoms with Crippen molar-refractivity contribution >= 4 is 0 Å². The average Bonchev–Trinajstić information content (AvgIpc) is 2.73. The van der Waals surface area contributed by atoms with E-state index in [1.165, 1.54) is 11.1 Å². The summed E-state index contributed by atoms with van der Waals surface area (Å²) in [5, 5.41) is 0. The van der Waals surface area contributed by atoms with Crippen molar-refractivity contribution in [3.63, 3.8) is 0 Å². The summed E-state index contributed by atoms with van der Waals surface area (Å²) in [5.74, 6) is 1.89. The molecule has 0 aromatic heterocycles. The summed E-state index contributed by atoms with van der Waals surface area (Å²) < 4.78 is 16.8. The minimum Gasteiger partial charge on any atom is -0.492 e. The van der Waals surface area contributed by atoms with Crippen molar-refractivity contribution in [2.45, 2.75) is 19.3 Å². The van der Waals surface area contributed by atoms with Gasteiger partial charge in [-0.2, -0.15) is 0 Å². The summed E-state index contributed by atoms with van der Waals surface area (Å²) in [6, 6.07) is 24.3. The Morgan fingerprint density at radius 2 is 1.26 bits per heavy atom. The lowest BCUT2D eigenvalue weighted by atomic mass is 9.93. The Morgan fingerprint density at radius 3 is 1.81 bits per heavy atom. The molecule has 3 nitrogen and oxygen atoms in total. The van der Waals surface area contributed by atoms with Gasteiger partial charge in [0.05, 0.1) is 21.3 Å². The first-order chi connectivity index (χ1) is 13.3. The van der Waals surface area contributed by atoms with Crippen LogP contribution in [0.3, 0.4) is 0 Å². The van der Waals surface area contributed by atoms with Gasteiger partial charge in [-0.25, -0.2) is 0 Å². The predicted octanol–water partition coefficient (Wildman–Crippen LogP) is 4.89. The fraction of sp³-hybridized carbons (Fsp3) is 0.250. The second-order valence-electron chi connectivity index (χ2n) is 6.33. The maximum absolute atomic E-state index is 5.75. The third-order valence-electron chi connectivity index (χ3n) is 4.66. The number of hydrogen-bond donors (Lipinski definition) is 0. The SMILES string of the molecule is COc1[c]c(CCc2ccccc2)c(Cc2ccccc2)c(OC)c1OC. The zero-order valence-corrected chi connectivity index (χ0v) is 16.1. The maximum atomic E-state index is 5.75. The summed E-state index contributed by atoms with van der Waals surface area (Å²) in [7, 11) is 4.93. The fourth-order valence-electron chi connectivity index (χ4n) is 3.31. The zero-order chi connectivity index (χ0) is 19.1. The molecule has 0 aliphatic carbocycles. The first-order valence-corrected chi connectivity index (χ1v) is 9.07. The van der Waals surface area contributed by atoms with Crippen LogP contribution in [0.25, 0.3) is 0 Å². The van der Waals surface area contributed by atoms with Crippen LogP contribution < -0.4 is 14.2 Å². The van der Waals surface area contributed by atoms with E-state index in [-0.39, 0.29) is 0 Å². The van der Waals surface area contributed by atoms with E-state index in [1.807, 2.05) is 12.1 Å². The van der Waals surface area contributed by atoms with Gasteiger partial charge in [-0.1, -0.05) is 60.7 Å². The van der Waals surface area contributed by atoms with E-state index in [9.17, 15) is 0 Å². The zero-order valence-electron chi connectivity index (χ0n) is 16.1. The largest absolute Gasteiger partial charge is 0.492 e. The van der Waals surface area contributed by atoms with Crippen molar-refractivity contribution in [2.75, 3.05) is 21.3 Å². The Labute approximate surface area is 161 Å². The van der Waals surface area contributed by atoms with Crippen LogP contribution in [-0.2, 0) is 19.3 Å². The van der Waals surface area contributed by atoms with E-state index in [1.54, 1.807) is 21.3 Å². The van der Waals surface area contributed by atoms with Gasteiger partial charge in [-0.05, 0) is 29.5 Å². The predicted molar refractivity (Wildman–Crippen MR) is 108 cm³/mol. The molecule has 0 unspecified atom stereocenters. The van der Waals surface area contributed by atoms with Crippen LogP contribution in [0.2, 0.25) is 0 Å². The molecule has 1 radical (unpaired) electrons. The van der Waals surface area contributed by atoms with Crippen LogP contribution >= 0.6 is 0 Å². The Morgan fingerprint density at radius 1 is 0.667 bits per heavy atom. The molecule has 0 saturated carbocycles. The van der Waals surface area contributed by atoms with Gasteiger partial charge in [0.25, 0.3) is 0 Å². The minimum absolute atomic E-state index is 0.578. The van der Waals surface area contributed by atoms with Gasteiger partial charge in [0.15, 0.2) is 11.5 Å². The standard InChI is InChI=1S/C24H25O3/c1-25-22-17-20(15-14-18-10-6-4-7-11-18)21(23(26-2)24(22)27-3)16-19-12-8-5-9-13-19/h4-13H,14-16H2,1-3H3. The Kier molecular flexibility index (Phi) is 6.37. The van der Waals surface area contributed by atoms with Gasteiger partial charge in [0.2, 0.25) is 5.75 Å². The normalized spacial score (nSPS) is 10.5. The molecule has 0 heterocycles. The molecule has 0 saturated heterocycles. The highest BCUT2D eigenvalue weighted by Gasteiger charge is 2.21. The lowest BCUT2D eigenvalue weighted by Crippen LogP contribution is -2.06. The third-order valence-corrected chi connectivity index (χ3v) is 4.66. The van der Waals surface area contributed by atoms with Crippen LogP contribution in [0.4, 0.5) is 0 Å². The first kappa shape index (κ1) is 18.8. The van der Waals surface area contributed by atoms with Crippen LogP contribution in [0.1, 0.15) is 22.3 Å². The lowest BCUT2D eigenvalue weighted by molar-refractivity contribution is 0.321. The van der Waals surface area contributed by atoms with E-state index >= 15 is 0 Å². The van der Waals surface area contributed by atoms with Crippen molar-refractivity contribution in [3.8, 4) is 17.2 Å². The maximum Gasteiger partial charge on any atom is 0.204 e. The van der Waals surface area contributed by atoms with E-state index in [0.29, 0.717) is 11.5 Å². The van der Waals surface area contributed by atoms with Gasteiger partial charge in [0, 0.05) is 18.1 Å². The quantitative estimate of drug-likeness (QED) is 0.572. The number of aryl methyl sites for hydroxylation is 2. The van der Waals surface area contributed by atoms with Gasteiger partial charge in [-0.15, -0.1) is 0 Å². The first-order valence-electron chi connectivity index (χ1n) is 9.07. The molecule has 0 amide bonds. The Hall–Kier alpha value is -2.94. The van der Waals surface area contributed by atoms with Crippen molar-refractivity contribution in [1.82, 2.24) is 0 Å². The Balaban J connectivity index is 2.02. The molecule has 0 spiro atoms. The highest BCUT2D eigenvalue weighted by Crippen LogP contribution is 2.42. The summed E-state index contributed by atoms with van der Waals surface area (Å²) >= 11 is 0. The highest BCUT2D eigenvalue weighted by atomic mass is 16.5. The average molecular weight is 361 g/mol. The third kappa shape index (κ3) is 4.43. The van der Waals surface area contributed by atoms with Crippen LogP contribution in [0, 0.1) is 6.07 Å². The molecular weight excluding hydrogens is 336 g/mol.